The van der Waals surface area contributed by atoms with Crippen LogP contribution in [0.3, 0.4) is 0 Å². The first-order valence-electron chi connectivity index (χ1n) is 7.17. The maximum atomic E-state index is 12.0. The molecule has 0 spiro atoms. The zero-order valence-electron chi connectivity index (χ0n) is 13.3. The van der Waals surface area contributed by atoms with E-state index < -0.39 is 14.9 Å². The van der Waals surface area contributed by atoms with Crippen LogP contribution in [0.2, 0.25) is 0 Å². The predicted octanol–water partition coefficient (Wildman–Crippen LogP) is 1.28. The highest BCUT2D eigenvalue weighted by Crippen LogP contribution is 2.15. The van der Waals surface area contributed by atoms with E-state index in [9.17, 15) is 23.3 Å². The molecule has 0 radical (unpaired) electrons. The molecule has 0 aliphatic rings. The van der Waals surface area contributed by atoms with E-state index in [2.05, 4.69) is 10.0 Å². The highest BCUT2D eigenvalue weighted by atomic mass is 32.2. The van der Waals surface area contributed by atoms with Crippen molar-refractivity contribution in [1.29, 1.82) is 0 Å². The summed E-state index contributed by atoms with van der Waals surface area (Å²) in [6, 6.07) is 4.58. The molecular formula is C14H21N3O5S. The topological polar surface area (TPSA) is 118 Å². The lowest BCUT2D eigenvalue weighted by atomic mass is 9.97. The molecule has 1 rings (SSSR count). The number of rotatable bonds is 8. The third-order valence-corrected chi connectivity index (χ3v) is 4.96. The summed E-state index contributed by atoms with van der Waals surface area (Å²) in [4.78, 5) is 21.6. The van der Waals surface area contributed by atoms with E-state index in [-0.39, 0.29) is 41.4 Å². The van der Waals surface area contributed by atoms with Gasteiger partial charge >= 0.3 is 0 Å². The largest absolute Gasteiger partial charge is 0.355 e. The smallest absolute Gasteiger partial charge is 0.269 e. The van der Waals surface area contributed by atoms with E-state index in [0.29, 0.717) is 0 Å². The minimum Gasteiger partial charge on any atom is -0.355 e. The van der Waals surface area contributed by atoms with Gasteiger partial charge in [0.15, 0.2) is 0 Å². The predicted molar refractivity (Wildman–Crippen MR) is 85.3 cm³/mol. The van der Waals surface area contributed by atoms with Gasteiger partial charge in [0, 0.05) is 31.1 Å². The second-order valence-electron chi connectivity index (χ2n) is 5.47. The van der Waals surface area contributed by atoms with Crippen molar-refractivity contribution in [3.8, 4) is 0 Å². The van der Waals surface area contributed by atoms with Crippen molar-refractivity contribution in [2.45, 2.75) is 25.7 Å². The van der Waals surface area contributed by atoms with Crippen molar-refractivity contribution in [3.63, 3.8) is 0 Å². The number of carbonyl (C=O) groups is 1. The summed E-state index contributed by atoms with van der Waals surface area (Å²) in [6.07, 6.45) is 0. The first-order chi connectivity index (χ1) is 10.6. The second kappa shape index (κ2) is 8.02. The van der Waals surface area contributed by atoms with Crippen LogP contribution in [0.5, 0.6) is 0 Å². The average Bonchev–Trinajstić information content (AvgIpc) is 2.50. The van der Waals surface area contributed by atoms with Crippen LogP contribution >= 0.6 is 0 Å². The molecule has 0 aliphatic carbocycles. The van der Waals surface area contributed by atoms with Crippen LogP contribution in [-0.4, -0.2) is 32.3 Å². The molecule has 0 saturated carbocycles. The average molecular weight is 343 g/mol. The van der Waals surface area contributed by atoms with Crippen LogP contribution in [0, 0.1) is 22.0 Å². The van der Waals surface area contributed by atoms with Gasteiger partial charge in [-0.05, 0) is 18.1 Å². The number of non-ortho nitro benzene ring substituents is 1. The lowest BCUT2D eigenvalue weighted by molar-refractivity contribution is -0.384. The maximum absolute atomic E-state index is 12.0. The Morgan fingerprint density at radius 1 is 1.17 bits per heavy atom. The van der Waals surface area contributed by atoms with Crippen LogP contribution < -0.4 is 10.0 Å². The van der Waals surface area contributed by atoms with E-state index in [4.69, 9.17) is 0 Å². The summed E-state index contributed by atoms with van der Waals surface area (Å²) in [5.74, 6) is -0.0809. The van der Waals surface area contributed by atoms with Gasteiger partial charge in [0.25, 0.3) is 5.69 Å². The van der Waals surface area contributed by atoms with Gasteiger partial charge in [0.05, 0.1) is 9.82 Å². The molecule has 1 aromatic rings. The summed E-state index contributed by atoms with van der Waals surface area (Å²) >= 11 is 0. The summed E-state index contributed by atoms with van der Waals surface area (Å²) in [5.41, 5.74) is -0.182. The van der Waals surface area contributed by atoms with Crippen molar-refractivity contribution >= 4 is 21.6 Å². The number of benzene rings is 1. The molecule has 1 aromatic carbocycles. The van der Waals surface area contributed by atoms with Crippen LogP contribution in [-0.2, 0) is 14.8 Å². The number of nitrogens with one attached hydrogen (secondary N) is 2. The Balaban J connectivity index is 2.53. The molecule has 1 atom stereocenters. The van der Waals surface area contributed by atoms with Crippen LogP contribution in [0.4, 0.5) is 5.69 Å². The standard InChI is InChI=1S/C14H21N3O5S/c1-10(2)11(3)14(18)15-8-9-16-23(21,22)13-6-4-12(5-7-13)17(19)20/h4-7,10-11,16H,8-9H2,1-3H3,(H,15,18)/t11-/m0/s1. The number of nitro benzene ring substituents is 1. The number of amides is 1. The number of nitrogens with zero attached hydrogens (tertiary/aromatic N) is 1. The Morgan fingerprint density at radius 3 is 2.22 bits per heavy atom. The normalized spacial score (nSPS) is 12.9. The number of nitro groups is 1. The lowest BCUT2D eigenvalue weighted by Crippen LogP contribution is -2.38. The fourth-order valence-electron chi connectivity index (χ4n) is 1.67. The van der Waals surface area contributed by atoms with Crippen molar-refractivity contribution in [2.75, 3.05) is 13.1 Å². The molecule has 2 N–H and O–H groups in total. The molecule has 128 valence electrons. The third-order valence-electron chi connectivity index (χ3n) is 3.49. The van der Waals surface area contributed by atoms with E-state index >= 15 is 0 Å². The Hall–Kier alpha value is -2.00. The highest BCUT2D eigenvalue weighted by Gasteiger charge is 2.17. The van der Waals surface area contributed by atoms with Crippen LogP contribution in [0.25, 0.3) is 0 Å². The van der Waals surface area contributed by atoms with Gasteiger partial charge in [-0.3, -0.25) is 14.9 Å². The minimum absolute atomic E-state index is 0.0376. The zero-order valence-corrected chi connectivity index (χ0v) is 14.1. The molecule has 8 nitrogen and oxygen atoms in total. The first-order valence-corrected chi connectivity index (χ1v) is 8.65. The molecule has 0 aromatic heterocycles. The summed E-state index contributed by atoms with van der Waals surface area (Å²) in [5, 5.41) is 13.2. The highest BCUT2D eigenvalue weighted by molar-refractivity contribution is 7.89. The van der Waals surface area contributed by atoms with Crippen LogP contribution in [0.15, 0.2) is 29.2 Å². The molecular weight excluding hydrogens is 322 g/mol. The van der Waals surface area contributed by atoms with Crippen molar-refractivity contribution in [3.05, 3.63) is 34.4 Å². The fourth-order valence-corrected chi connectivity index (χ4v) is 2.70. The quantitative estimate of drug-likeness (QED) is 0.419. The van der Waals surface area contributed by atoms with E-state index in [1.165, 1.54) is 12.1 Å². The van der Waals surface area contributed by atoms with Crippen molar-refractivity contribution < 1.29 is 18.1 Å². The molecule has 0 heterocycles. The van der Waals surface area contributed by atoms with Gasteiger partial charge in [-0.2, -0.15) is 0 Å². The molecule has 23 heavy (non-hydrogen) atoms. The van der Waals surface area contributed by atoms with Gasteiger partial charge in [0.2, 0.25) is 15.9 Å². The van der Waals surface area contributed by atoms with Gasteiger partial charge in [-0.25, -0.2) is 13.1 Å². The van der Waals surface area contributed by atoms with Crippen LogP contribution in [0.1, 0.15) is 20.8 Å². The number of carbonyl (C=O) groups excluding carboxylic acids is 1. The minimum atomic E-state index is -3.76. The van der Waals surface area contributed by atoms with E-state index in [1.807, 2.05) is 13.8 Å². The number of hydrogen-bond acceptors (Lipinski definition) is 5. The summed E-state index contributed by atoms with van der Waals surface area (Å²) in [7, 11) is -3.76. The number of hydrogen-bond donors (Lipinski definition) is 2. The molecule has 0 saturated heterocycles. The molecule has 9 heteroatoms. The van der Waals surface area contributed by atoms with Crippen molar-refractivity contribution in [2.24, 2.45) is 11.8 Å². The fraction of sp³-hybridized carbons (Fsp3) is 0.500. The molecule has 0 fully saturated rings. The van der Waals surface area contributed by atoms with E-state index in [1.54, 1.807) is 6.92 Å². The van der Waals surface area contributed by atoms with Gasteiger partial charge in [-0.15, -0.1) is 0 Å². The summed E-state index contributed by atoms with van der Waals surface area (Å²) < 4.78 is 26.3. The first kappa shape index (κ1) is 19.0. The Morgan fingerprint density at radius 2 is 1.74 bits per heavy atom. The van der Waals surface area contributed by atoms with Gasteiger partial charge in [-0.1, -0.05) is 20.8 Å². The Labute approximate surface area is 135 Å². The molecule has 0 unspecified atom stereocenters. The Kier molecular flexibility index (Phi) is 6.64. The third kappa shape index (κ3) is 5.61. The SMILES string of the molecule is CC(C)[C@H](C)C(=O)NCCNS(=O)(=O)c1ccc([N+](=O)[O-])cc1. The summed E-state index contributed by atoms with van der Waals surface area (Å²) in [6.45, 7) is 5.88. The lowest BCUT2D eigenvalue weighted by Gasteiger charge is -2.15. The Bertz CT molecular complexity index is 655. The monoisotopic (exact) mass is 343 g/mol. The van der Waals surface area contributed by atoms with Gasteiger partial charge < -0.3 is 5.32 Å². The van der Waals surface area contributed by atoms with Crippen molar-refractivity contribution in [1.82, 2.24) is 10.0 Å². The molecule has 0 bridgehead atoms. The number of sulfonamides is 1. The molecule has 1 amide bonds. The second-order valence-corrected chi connectivity index (χ2v) is 7.24. The zero-order chi connectivity index (χ0) is 17.6. The maximum Gasteiger partial charge on any atom is 0.269 e. The molecule has 0 aliphatic heterocycles. The van der Waals surface area contributed by atoms with E-state index in [0.717, 1.165) is 12.1 Å². The van der Waals surface area contributed by atoms with Gasteiger partial charge in [0.1, 0.15) is 0 Å².